The molecule has 8 nitrogen and oxygen atoms in total. The van der Waals surface area contributed by atoms with Gasteiger partial charge in [-0.05, 0) is 112 Å². The molecule has 4 aromatic carbocycles. The number of carbonyl (C=O) groups excluding carboxylic acids is 2. The standard InChI is InChI=1S/C43H34O8/c44-3-5-48-7-9-50-41(46)43(42(47)51-10-8-49-6-4-45)39-23-15-21-13-19-11-17-1-2-18-12-20-14-22-16-24(40(39)43)32-31(23)35-29(21)27(19)33-25(17)26(18)34-28(20)30(22)36(32)38(35)37(33)34/h1-2,11-12,15-18,25-26,39-40,44-45H,3-10,13-14H2. The van der Waals surface area contributed by atoms with Gasteiger partial charge < -0.3 is 29.2 Å². The van der Waals surface area contributed by atoms with Gasteiger partial charge in [0, 0.05) is 35.5 Å². The van der Waals surface area contributed by atoms with E-state index in [2.05, 4.69) is 36.4 Å². The number of aliphatic hydroxyl groups excluding tert-OH is 2. The van der Waals surface area contributed by atoms with E-state index in [4.69, 9.17) is 29.2 Å². The molecule has 0 spiro atoms. The second-order valence-corrected chi connectivity index (χ2v) is 15.9. The Morgan fingerprint density at radius 1 is 0.608 bits per heavy atom. The number of ether oxygens (including phenoxy) is 4. The largest absolute Gasteiger partial charge is 0.462 e. The van der Waals surface area contributed by atoms with Crippen LogP contribution in [0.2, 0.25) is 0 Å². The van der Waals surface area contributed by atoms with Gasteiger partial charge in [0.25, 0.3) is 0 Å². The Hall–Kier alpha value is -4.34. The third-order valence-corrected chi connectivity index (χ3v) is 14.0. The molecule has 0 amide bonds. The van der Waals surface area contributed by atoms with E-state index in [1.807, 2.05) is 0 Å². The molecule has 1 fully saturated rings. The van der Waals surface area contributed by atoms with Gasteiger partial charge in [-0.15, -0.1) is 0 Å². The molecule has 2 N–H and O–H groups in total. The van der Waals surface area contributed by atoms with Gasteiger partial charge in [-0.3, -0.25) is 9.59 Å². The first-order chi connectivity index (χ1) is 25.1. The highest BCUT2D eigenvalue weighted by atomic mass is 16.6. The number of rotatable bonds is 12. The summed E-state index contributed by atoms with van der Waals surface area (Å²) in [7, 11) is 0. The van der Waals surface area contributed by atoms with Crippen molar-refractivity contribution in [2.75, 3.05) is 52.9 Å². The number of hydrogen-bond donors (Lipinski definition) is 2. The molecule has 0 bridgehead atoms. The second kappa shape index (κ2) is 9.17. The third-order valence-electron chi connectivity index (χ3n) is 14.0. The molecule has 0 aliphatic heterocycles. The lowest BCUT2D eigenvalue weighted by molar-refractivity contribution is -0.167. The van der Waals surface area contributed by atoms with Crippen LogP contribution in [0.1, 0.15) is 68.2 Å². The lowest BCUT2D eigenvalue weighted by Gasteiger charge is -2.39. The van der Waals surface area contributed by atoms with Gasteiger partial charge in [-0.1, -0.05) is 36.4 Å². The highest BCUT2D eigenvalue weighted by molar-refractivity contribution is 6.40. The Balaban J connectivity index is 1.07. The number of aliphatic hydroxyl groups is 2. The molecule has 0 saturated heterocycles. The fourth-order valence-electron chi connectivity index (χ4n) is 12.7. The summed E-state index contributed by atoms with van der Waals surface area (Å²) >= 11 is 0. The number of hydrogen-bond acceptors (Lipinski definition) is 8. The van der Waals surface area contributed by atoms with Crippen LogP contribution in [-0.2, 0) is 41.4 Å². The van der Waals surface area contributed by atoms with Gasteiger partial charge in [-0.2, -0.15) is 0 Å². The molecular weight excluding hydrogens is 644 g/mol. The Morgan fingerprint density at radius 3 is 1.57 bits per heavy atom. The molecule has 254 valence electrons. The fraction of sp³-hybridized carbons (Fsp3) is 0.395. The first kappa shape index (κ1) is 28.3. The molecule has 4 aromatic rings. The van der Waals surface area contributed by atoms with Crippen LogP contribution in [0.25, 0.3) is 54.6 Å². The maximum absolute atomic E-state index is 14.5. The minimum absolute atomic E-state index is 0.0252. The fourth-order valence-corrected chi connectivity index (χ4v) is 12.7. The van der Waals surface area contributed by atoms with Crippen LogP contribution >= 0.6 is 0 Å². The van der Waals surface area contributed by atoms with Crippen LogP contribution in [0.4, 0.5) is 0 Å². The van der Waals surface area contributed by atoms with Crippen molar-refractivity contribution >= 4 is 55.4 Å². The zero-order chi connectivity index (χ0) is 33.7. The minimum Gasteiger partial charge on any atom is -0.462 e. The van der Waals surface area contributed by atoms with Gasteiger partial charge in [0.2, 0.25) is 0 Å². The van der Waals surface area contributed by atoms with Crippen molar-refractivity contribution in [2.45, 2.75) is 36.5 Å². The summed E-state index contributed by atoms with van der Waals surface area (Å²) in [6, 6.07) is 4.67. The summed E-state index contributed by atoms with van der Waals surface area (Å²) < 4.78 is 22.6. The van der Waals surface area contributed by atoms with E-state index in [1.54, 1.807) is 11.1 Å². The highest BCUT2D eigenvalue weighted by Crippen LogP contribution is 2.80. The number of fused-ring (bicyclic) bond motifs is 3. The van der Waals surface area contributed by atoms with Gasteiger partial charge in [-0.25, -0.2) is 0 Å². The summed E-state index contributed by atoms with van der Waals surface area (Å²) in [6.07, 6.45) is 11.8. The second-order valence-electron chi connectivity index (χ2n) is 15.9. The number of esters is 2. The molecule has 0 radical (unpaired) electrons. The summed E-state index contributed by atoms with van der Waals surface area (Å²) in [6.45, 7) is 0.241. The van der Waals surface area contributed by atoms with E-state index in [0.717, 1.165) is 24.0 Å². The topological polar surface area (TPSA) is 112 Å². The van der Waals surface area contributed by atoms with Crippen LogP contribution in [0.5, 0.6) is 0 Å². The summed E-state index contributed by atoms with van der Waals surface area (Å²) in [5.74, 6) is -0.247. The molecule has 9 aliphatic carbocycles. The minimum atomic E-state index is -1.54. The molecule has 0 heterocycles. The predicted octanol–water partition coefficient (Wildman–Crippen LogP) is 5.30. The first-order valence-electron chi connectivity index (χ1n) is 18.6. The molecule has 9 aliphatic rings. The van der Waals surface area contributed by atoms with E-state index in [0.29, 0.717) is 23.7 Å². The van der Waals surface area contributed by atoms with E-state index in [-0.39, 0.29) is 52.9 Å². The van der Waals surface area contributed by atoms with Gasteiger partial charge in [0.05, 0.1) is 39.6 Å². The van der Waals surface area contributed by atoms with Crippen LogP contribution in [0, 0.1) is 17.3 Å². The van der Waals surface area contributed by atoms with Crippen molar-refractivity contribution < 1.29 is 38.7 Å². The van der Waals surface area contributed by atoms with Gasteiger partial charge >= 0.3 is 11.9 Å². The van der Waals surface area contributed by atoms with Crippen LogP contribution in [0.15, 0.2) is 36.4 Å². The maximum Gasteiger partial charge on any atom is 0.324 e. The van der Waals surface area contributed by atoms with E-state index >= 15 is 0 Å². The molecule has 1 saturated carbocycles. The van der Waals surface area contributed by atoms with Crippen LogP contribution in [0.3, 0.4) is 0 Å². The summed E-state index contributed by atoms with van der Waals surface area (Å²) in [4.78, 5) is 29.0. The SMILES string of the molecule is O=C(OCCOCCO)C1(C(=O)OCCOCCO)C2c3cc4c5c6c7c8c9c%10c%11c(cc(c%12c%11c8c5c3-%12)C21)CC%10=CC1C=CC(C=C6C4)C7C91. The number of allylic oxidation sites excluding steroid dienone is 6. The highest BCUT2D eigenvalue weighted by Gasteiger charge is 2.79. The van der Waals surface area contributed by atoms with Crippen LogP contribution in [-0.4, -0.2) is 75.0 Å². The van der Waals surface area contributed by atoms with Crippen molar-refractivity contribution in [3.8, 4) is 11.1 Å². The lowest BCUT2D eigenvalue weighted by atomic mass is 9.63. The van der Waals surface area contributed by atoms with Crippen molar-refractivity contribution in [1.82, 2.24) is 0 Å². The van der Waals surface area contributed by atoms with E-state index in [9.17, 15) is 9.59 Å². The van der Waals surface area contributed by atoms with E-state index in [1.165, 1.54) is 76.8 Å². The summed E-state index contributed by atoms with van der Waals surface area (Å²) in [5, 5.41) is 26.8. The Kier molecular flexibility index (Phi) is 5.08. The molecule has 8 heteroatoms. The smallest absolute Gasteiger partial charge is 0.324 e. The van der Waals surface area contributed by atoms with Gasteiger partial charge in [0.1, 0.15) is 13.2 Å². The molecule has 51 heavy (non-hydrogen) atoms. The average molecular weight is 679 g/mol. The predicted molar refractivity (Wildman–Crippen MR) is 189 cm³/mol. The quantitative estimate of drug-likeness (QED) is 0.0602. The summed E-state index contributed by atoms with van der Waals surface area (Å²) in [5.41, 5.74) is 14.7. The third kappa shape index (κ3) is 2.92. The number of carbonyl (C=O) groups is 2. The molecule has 6 atom stereocenters. The van der Waals surface area contributed by atoms with E-state index < -0.39 is 29.2 Å². The monoisotopic (exact) mass is 678 g/mol. The van der Waals surface area contributed by atoms with Crippen LogP contribution < -0.4 is 0 Å². The zero-order valence-electron chi connectivity index (χ0n) is 27.8. The number of benzene rings is 4. The first-order valence-corrected chi connectivity index (χ1v) is 18.6. The normalized spacial score (nSPS) is 27.7. The Morgan fingerprint density at radius 2 is 1.10 bits per heavy atom. The lowest BCUT2D eigenvalue weighted by Crippen LogP contribution is -2.34. The van der Waals surface area contributed by atoms with Crippen molar-refractivity contribution in [1.29, 1.82) is 0 Å². The van der Waals surface area contributed by atoms with Crippen molar-refractivity contribution in [3.63, 3.8) is 0 Å². The molecule has 13 rings (SSSR count). The Bertz CT molecular complexity index is 2380. The molecule has 6 unspecified atom stereocenters. The molecule has 0 aromatic heterocycles. The Labute approximate surface area is 292 Å². The van der Waals surface area contributed by atoms with Gasteiger partial charge in [0.15, 0.2) is 5.41 Å². The average Bonchev–Trinajstić information content (AvgIpc) is 3.43. The van der Waals surface area contributed by atoms with Crippen molar-refractivity contribution in [2.24, 2.45) is 17.3 Å². The zero-order valence-corrected chi connectivity index (χ0v) is 27.8. The van der Waals surface area contributed by atoms with Crippen molar-refractivity contribution in [3.05, 3.63) is 80.9 Å². The molecular formula is C43H34O8. The maximum atomic E-state index is 14.5.